The number of anilines is 1. The van der Waals surface area contributed by atoms with Crippen LogP contribution in [0.25, 0.3) is 0 Å². The fourth-order valence-electron chi connectivity index (χ4n) is 1.30. The summed E-state index contributed by atoms with van der Waals surface area (Å²) < 4.78 is 5.06. The Labute approximate surface area is 106 Å². The number of ether oxygens (including phenoxy) is 1. The van der Waals surface area contributed by atoms with Gasteiger partial charge < -0.3 is 15.1 Å². The first-order valence-electron chi connectivity index (χ1n) is 5.50. The van der Waals surface area contributed by atoms with Crippen LogP contribution in [0.2, 0.25) is 0 Å². The van der Waals surface area contributed by atoms with Crippen molar-refractivity contribution >= 4 is 11.8 Å². The minimum Gasteiger partial charge on any atom is -0.506 e. The second-order valence-electron chi connectivity index (χ2n) is 4.81. The van der Waals surface area contributed by atoms with Gasteiger partial charge in [0.1, 0.15) is 11.4 Å². The van der Waals surface area contributed by atoms with E-state index in [1.807, 2.05) is 5.48 Å². The minimum atomic E-state index is -0.633. The number of carbonyl (C=O) groups is 1. The van der Waals surface area contributed by atoms with Crippen LogP contribution in [0.3, 0.4) is 0 Å². The zero-order valence-electron chi connectivity index (χ0n) is 10.7. The normalized spacial score (nSPS) is 11.1. The van der Waals surface area contributed by atoms with Gasteiger partial charge in [-0.05, 0) is 38.5 Å². The second kappa shape index (κ2) is 5.70. The van der Waals surface area contributed by atoms with Crippen molar-refractivity contribution in [2.45, 2.75) is 32.9 Å². The molecule has 0 radical (unpaired) electrons. The van der Waals surface area contributed by atoms with Crippen LogP contribution in [0.5, 0.6) is 5.75 Å². The molecule has 0 aliphatic heterocycles. The van der Waals surface area contributed by atoms with Crippen molar-refractivity contribution in [3.05, 3.63) is 23.8 Å². The average molecular weight is 254 g/mol. The zero-order valence-corrected chi connectivity index (χ0v) is 10.7. The van der Waals surface area contributed by atoms with Crippen LogP contribution >= 0.6 is 0 Å². The molecule has 0 aliphatic rings. The van der Waals surface area contributed by atoms with E-state index in [4.69, 9.17) is 9.94 Å². The maximum atomic E-state index is 11.5. The summed E-state index contributed by atoms with van der Waals surface area (Å²) in [5.74, 6) is -0.0893. The Hall–Kier alpha value is -1.79. The summed E-state index contributed by atoms with van der Waals surface area (Å²) in [5.41, 5.74) is 2.32. The van der Waals surface area contributed by atoms with E-state index in [1.54, 1.807) is 26.8 Å². The molecule has 18 heavy (non-hydrogen) atoms. The molecular formula is C12H18N2O4. The molecule has 6 nitrogen and oxygen atoms in total. The Balaban J connectivity index is 2.71. The average Bonchev–Trinajstić information content (AvgIpc) is 2.20. The lowest BCUT2D eigenvalue weighted by molar-refractivity contribution is 0.0635. The van der Waals surface area contributed by atoms with Gasteiger partial charge in [-0.25, -0.2) is 10.3 Å². The number of aromatic hydroxyl groups is 1. The number of hydroxylamine groups is 1. The van der Waals surface area contributed by atoms with Crippen molar-refractivity contribution in [3.63, 3.8) is 0 Å². The molecule has 100 valence electrons. The van der Waals surface area contributed by atoms with Gasteiger partial charge in [-0.1, -0.05) is 6.07 Å². The largest absolute Gasteiger partial charge is 0.506 e. The first kappa shape index (κ1) is 14.3. The molecule has 0 aromatic heterocycles. The number of amides is 1. The number of phenols is 1. The number of carbonyl (C=O) groups excluding carboxylic acids is 1. The molecule has 0 heterocycles. The maximum Gasteiger partial charge on any atom is 0.412 e. The highest BCUT2D eigenvalue weighted by Gasteiger charge is 2.17. The molecule has 0 saturated heterocycles. The molecule has 0 fully saturated rings. The number of hydrogen-bond donors (Lipinski definition) is 4. The molecule has 1 rings (SSSR count). The molecule has 1 aromatic carbocycles. The minimum absolute atomic E-state index is 0.0893. The van der Waals surface area contributed by atoms with Gasteiger partial charge >= 0.3 is 6.09 Å². The quantitative estimate of drug-likeness (QED) is 0.490. The van der Waals surface area contributed by atoms with Gasteiger partial charge in [-0.2, -0.15) is 0 Å². The van der Waals surface area contributed by atoms with Gasteiger partial charge in [0, 0.05) is 6.54 Å². The van der Waals surface area contributed by atoms with E-state index in [1.165, 1.54) is 12.1 Å². The molecule has 1 amide bonds. The highest BCUT2D eigenvalue weighted by atomic mass is 16.6. The fourth-order valence-corrected chi connectivity index (χ4v) is 1.30. The summed E-state index contributed by atoms with van der Waals surface area (Å²) in [6.45, 7) is 5.47. The highest BCUT2D eigenvalue weighted by molar-refractivity contribution is 5.86. The predicted molar refractivity (Wildman–Crippen MR) is 66.6 cm³/mol. The lowest BCUT2D eigenvalue weighted by atomic mass is 10.2. The monoisotopic (exact) mass is 254 g/mol. The smallest absolute Gasteiger partial charge is 0.412 e. The van der Waals surface area contributed by atoms with Crippen molar-refractivity contribution in [3.8, 4) is 5.75 Å². The summed E-state index contributed by atoms with van der Waals surface area (Å²) in [6, 6.07) is 4.64. The maximum absolute atomic E-state index is 11.5. The van der Waals surface area contributed by atoms with Gasteiger partial charge in [0.25, 0.3) is 0 Å². The van der Waals surface area contributed by atoms with Gasteiger partial charge in [0.15, 0.2) is 0 Å². The molecule has 0 bridgehead atoms. The number of hydrogen-bond acceptors (Lipinski definition) is 5. The fraction of sp³-hybridized carbons (Fsp3) is 0.417. The van der Waals surface area contributed by atoms with Gasteiger partial charge in [0.2, 0.25) is 0 Å². The van der Waals surface area contributed by atoms with Crippen molar-refractivity contribution in [2.24, 2.45) is 0 Å². The van der Waals surface area contributed by atoms with Gasteiger partial charge in [-0.3, -0.25) is 5.32 Å². The second-order valence-corrected chi connectivity index (χ2v) is 4.81. The molecule has 0 saturated carbocycles. The van der Waals surface area contributed by atoms with Crippen LogP contribution in [0.1, 0.15) is 26.3 Å². The van der Waals surface area contributed by atoms with Crippen molar-refractivity contribution < 1.29 is 19.8 Å². The summed E-state index contributed by atoms with van der Waals surface area (Å²) in [5, 5.41) is 20.7. The summed E-state index contributed by atoms with van der Waals surface area (Å²) in [4.78, 5) is 11.5. The summed E-state index contributed by atoms with van der Waals surface area (Å²) >= 11 is 0. The van der Waals surface area contributed by atoms with E-state index >= 15 is 0 Å². The first-order valence-corrected chi connectivity index (χ1v) is 5.50. The summed E-state index contributed by atoms with van der Waals surface area (Å²) in [7, 11) is 0. The van der Waals surface area contributed by atoms with Gasteiger partial charge in [-0.15, -0.1) is 0 Å². The van der Waals surface area contributed by atoms with Crippen molar-refractivity contribution in [2.75, 3.05) is 5.32 Å². The Morgan fingerprint density at radius 2 is 2.06 bits per heavy atom. The van der Waals surface area contributed by atoms with E-state index in [0.717, 1.165) is 0 Å². The molecule has 0 spiro atoms. The predicted octanol–water partition coefficient (Wildman–Crippen LogP) is 2.22. The molecule has 0 unspecified atom stereocenters. The molecule has 4 N–H and O–H groups in total. The lowest BCUT2D eigenvalue weighted by Crippen LogP contribution is -2.27. The van der Waals surface area contributed by atoms with Crippen LogP contribution < -0.4 is 10.8 Å². The van der Waals surface area contributed by atoms with Crippen LogP contribution in [0.4, 0.5) is 10.5 Å². The SMILES string of the molecule is CC(C)(C)OC(=O)Nc1ccc(CNO)cc1O. The number of phenolic OH excluding ortho intramolecular Hbond substituents is 1. The van der Waals surface area contributed by atoms with Crippen LogP contribution in [-0.4, -0.2) is 22.0 Å². The highest BCUT2D eigenvalue weighted by Crippen LogP contribution is 2.24. The van der Waals surface area contributed by atoms with E-state index in [0.29, 0.717) is 5.56 Å². The van der Waals surface area contributed by atoms with E-state index in [-0.39, 0.29) is 18.0 Å². The van der Waals surface area contributed by atoms with Crippen LogP contribution in [-0.2, 0) is 11.3 Å². The Bertz CT molecular complexity index is 427. The first-order chi connectivity index (χ1) is 8.31. The van der Waals surface area contributed by atoms with Crippen molar-refractivity contribution in [1.29, 1.82) is 0 Å². The number of nitrogens with one attached hydrogen (secondary N) is 2. The standard InChI is InChI=1S/C12H18N2O4/c1-12(2,3)18-11(16)14-9-5-4-8(7-13-17)6-10(9)15/h4-6,13,15,17H,7H2,1-3H3,(H,14,16). The topological polar surface area (TPSA) is 90.8 Å². The molecular weight excluding hydrogens is 236 g/mol. The zero-order chi connectivity index (χ0) is 13.8. The third-order valence-electron chi connectivity index (χ3n) is 1.98. The molecule has 1 aromatic rings. The third kappa shape index (κ3) is 4.60. The Kier molecular flexibility index (Phi) is 4.52. The Morgan fingerprint density at radius 1 is 1.39 bits per heavy atom. The summed E-state index contributed by atoms with van der Waals surface area (Å²) in [6.07, 6.45) is -0.633. The van der Waals surface area contributed by atoms with Crippen LogP contribution in [0.15, 0.2) is 18.2 Å². The molecule has 0 atom stereocenters. The van der Waals surface area contributed by atoms with Crippen LogP contribution in [0, 0.1) is 0 Å². The third-order valence-corrected chi connectivity index (χ3v) is 1.98. The van der Waals surface area contributed by atoms with E-state index in [2.05, 4.69) is 5.32 Å². The van der Waals surface area contributed by atoms with E-state index < -0.39 is 11.7 Å². The van der Waals surface area contributed by atoms with Gasteiger partial charge in [0.05, 0.1) is 5.69 Å². The molecule has 6 heteroatoms. The Morgan fingerprint density at radius 3 is 2.56 bits per heavy atom. The van der Waals surface area contributed by atoms with E-state index in [9.17, 15) is 9.90 Å². The number of benzene rings is 1. The van der Waals surface area contributed by atoms with Crippen molar-refractivity contribution in [1.82, 2.24) is 5.48 Å². The molecule has 0 aliphatic carbocycles. The number of rotatable bonds is 3. The lowest BCUT2D eigenvalue weighted by Gasteiger charge is -2.20.